The Hall–Kier alpha value is -1.63. The lowest BCUT2D eigenvalue weighted by molar-refractivity contribution is -0.126. The van der Waals surface area contributed by atoms with E-state index in [1.54, 1.807) is 0 Å². The molecule has 0 spiro atoms. The summed E-state index contributed by atoms with van der Waals surface area (Å²) in [5, 5.41) is 4.96. The second kappa shape index (κ2) is 12.4. The van der Waals surface area contributed by atoms with Gasteiger partial charge < -0.3 is 26.9 Å². The van der Waals surface area contributed by atoms with E-state index >= 15 is 0 Å². The second-order valence-electron chi connectivity index (χ2n) is 4.45. The Balaban J connectivity index is 0. The summed E-state index contributed by atoms with van der Waals surface area (Å²) in [6.45, 7) is 8.03. The summed E-state index contributed by atoms with van der Waals surface area (Å²) in [6.07, 6.45) is 1.64. The summed E-state index contributed by atoms with van der Waals surface area (Å²) < 4.78 is 0. The topological polar surface area (TPSA) is 127 Å². The van der Waals surface area contributed by atoms with Crippen LogP contribution in [0.4, 0.5) is 4.79 Å². The molecule has 0 fully saturated rings. The van der Waals surface area contributed by atoms with E-state index in [2.05, 4.69) is 10.6 Å². The van der Waals surface area contributed by atoms with Crippen LogP contribution in [-0.2, 0) is 9.59 Å². The van der Waals surface area contributed by atoms with Gasteiger partial charge in [0.15, 0.2) is 0 Å². The normalized spacial score (nSPS) is 12.7. The molecular formula is C13H28N4O3. The molecule has 7 heteroatoms. The van der Waals surface area contributed by atoms with Gasteiger partial charge in [0.1, 0.15) is 6.29 Å². The van der Waals surface area contributed by atoms with Gasteiger partial charge in [-0.1, -0.05) is 27.7 Å². The molecule has 118 valence electrons. The van der Waals surface area contributed by atoms with Crippen molar-refractivity contribution in [2.24, 2.45) is 17.4 Å². The van der Waals surface area contributed by atoms with Crippen LogP contribution in [0, 0.1) is 5.92 Å². The first-order valence-corrected chi connectivity index (χ1v) is 6.93. The van der Waals surface area contributed by atoms with Crippen molar-refractivity contribution in [3.63, 3.8) is 0 Å². The summed E-state index contributed by atoms with van der Waals surface area (Å²) >= 11 is 0. The number of primary amides is 1. The molecule has 7 nitrogen and oxygen atoms in total. The molecule has 0 radical (unpaired) electrons. The van der Waals surface area contributed by atoms with Crippen molar-refractivity contribution in [2.45, 2.75) is 52.6 Å². The van der Waals surface area contributed by atoms with Gasteiger partial charge in [0.2, 0.25) is 5.91 Å². The third-order valence-electron chi connectivity index (χ3n) is 2.50. The van der Waals surface area contributed by atoms with Gasteiger partial charge in [-0.3, -0.25) is 4.79 Å². The largest absolute Gasteiger partial charge is 0.352 e. The molecular weight excluding hydrogens is 260 g/mol. The minimum atomic E-state index is -0.629. The standard InChI is InChI=1S/C11H22N4O3.C2H6/c1-7(2)9(12)10(17)15-8(6-16)4-3-5-14-11(13)18;1-2/h6-9H,3-5,12H2,1-2H3,(H,15,17)(H3,13,14,18);1-2H3. The average molecular weight is 288 g/mol. The highest BCUT2D eigenvalue weighted by molar-refractivity contribution is 5.84. The van der Waals surface area contributed by atoms with E-state index in [9.17, 15) is 14.4 Å². The maximum Gasteiger partial charge on any atom is 0.312 e. The number of nitrogens with one attached hydrogen (secondary N) is 2. The van der Waals surface area contributed by atoms with Crippen molar-refractivity contribution in [3.05, 3.63) is 0 Å². The van der Waals surface area contributed by atoms with Gasteiger partial charge in [0.05, 0.1) is 12.1 Å². The Morgan fingerprint density at radius 3 is 2.20 bits per heavy atom. The molecule has 20 heavy (non-hydrogen) atoms. The summed E-state index contributed by atoms with van der Waals surface area (Å²) in [4.78, 5) is 32.8. The van der Waals surface area contributed by atoms with E-state index in [4.69, 9.17) is 11.5 Å². The predicted molar refractivity (Wildman–Crippen MR) is 79.0 cm³/mol. The quantitative estimate of drug-likeness (QED) is 0.374. The van der Waals surface area contributed by atoms with Crippen LogP contribution in [0.1, 0.15) is 40.5 Å². The van der Waals surface area contributed by atoms with Crippen LogP contribution in [0.15, 0.2) is 0 Å². The molecule has 0 aromatic carbocycles. The Morgan fingerprint density at radius 1 is 1.25 bits per heavy atom. The molecule has 0 saturated carbocycles. The lowest BCUT2D eigenvalue weighted by atomic mass is 10.0. The smallest absolute Gasteiger partial charge is 0.312 e. The minimum Gasteiger partial charge on any atom is -0.352 e. The molecule has 0 bridgehead atoms. The molecule has 0 aromatic heterocycles. The van der Waals surface area contributed by atoms with E-state index in [-0.39, 0.29) is 11.8 Å². The third-order valence-corrected chi connectivity index (χ3v) is 2.50. The minimum absolute atomic E-state index is 0.00818. The van der Waals surface area contributed by atoms with E-state index < -0.39 is 18.1 Å². The SMILES string of the molecule is CC.CC(C)C(N)C(=O)NC(C=O)CCCNC(N)=O. The zero-order valence-corrected chi connectivity index (χ0v) is 12.8. The molecule has 6 N–H and O–H groups in total. The van der Waals surface area contributed by atoms with E-state index in [1.165, 1.54) is 0 Å². The molecule has 0 aliphatic rings. The van der Waals surface area contributed by atoms with E-state index in [1.807, 2.05) is 27.7 Å². The number of rotatable bonds is 8. The second-order valence-corrected chi connectivity index (χ2v) is 4.45. The number of hydrogen-bond donors (Lipinski definition) is 4. The molecule has 0 rings (SSSR count). The fourth-order valence-electron chi connectivity index (χ4n) is 1.29. The highest BCUT2D eigenvalue weighted by atomic mass is 16.2. The number of amides is 3. The zero-order chi connectivity index (χ0) is 16.1. The number of aldehydes is 1. The molecule has 0 saturated heterocycles. The van der Waals surface area contributed by atoms with Crippen LogP contribution in [0.3, 0.4) is 0 Å². The van der Waals surface area contributed by atoms with E-state index in [0.717, 1.165) is 0 Å². The number of nitrogens with two attached hydrogens (primary N) is 2. The predicted octanol–water partition coefficient (Wildman–Crippen LogP) is 0.128. The lowest BCUT2D eigenvalue weighted by Crippen LogP contribution is -2.48. The fraction of sp³-hybridized carbons (Fsp3) is 0.769. The summed E-state index contributed by atoms with van der Waals surface area (Å²) in [6, 6.07) is -1.82. The maximum absolute atomic E-state index is 11.6. The van der Waals surface area contributed by atoms with Gasteiger partial charge >= 0.3 is 6.03 Å². The molecule has 2 unspecified atom stereocenters. The Kier molecular flexibility index (Phi) is 12.8. The first-order valence-electron chi connectivity index (χ1n) is 6.93. The third kappa shape index (κ3) is 10.3. The van der Waals surface area contributed by atoms with Crippen molar-refractivity contribution >= 4 is 18.2 Å². The van der Waals surface area contributed by atoms with Crippen LogP contribution >= 0.6 is 0 Å². The first-order chi connectivity index (χ1) is 9.38. The van der Waals surface area contributed by atoms with Crippen LogP contribution in [-0.4, -0.2) is 36.9 Å². The highest BCUT2D eigenvalue weighted by Gasteiger charge is 2.20. The van der Waals surface area contributed by atoms with Crippen LogP contribution < -0.4 is 22.1 Å². The number of hydrogen-bond acceptors (Lipinski definition) is 4. The van der Waals surface area contributed by atoms with E-state index in [0.29, 0.717) is 25.7 Å². The Morgan fingerprint density at radius 2 is 1.80 bits per heavy atom. The summed E-state index contributed by atoms with van der Waals surface area (Å²) in [5.74, 6) is -0.334. The Labute approximate surface area is 120 Å². The number of carbonyl (C=O) groups excluding carboxylic acids is 3. The maximum atomic E-state index is 11.6. The molecule has 0 aliphatic heterocycles. The number of urea groups is 1. The molecule has 2 atom stereocenters. The highest BCUT2D eigenvalue weighted by Crippen LogP contribution is 2.00. The van der Waals surface area contributed by atoms with Crippen LogP contribution in [0.5, 0.6) is 0 Å². The first kappa shape index (κ1) is 20.7. The van der Waals surface area contributed by atoms with Crippen molar-refractivity contribution in [1.29, 1.82) is 0 Å². The van der Waals surface area contributed by atoms with Crippen molar-refractivity contribution in [2.75, 3.05) is 6.54 Å². The molecule has 0 aliphatic carbocycles. The molecule has 0 aromatic rings. The van der Waals surface area contributed by atoms with Crippen molar-refractivity contribution < 1.29 is 14.4 Å². The molecule has 0 heterocycles. The lowest BCUT2D eigenvalue weighted by Gasteiger charge is -2.18. The van der Waals surface area contributed by atoms with Gasteiger partial charge in [-0.25, -0.2) is 4.79 Å². The summed E-state index contributed by atoms with van der Waals surface area (Å²) in [5.41, 5.74) is 10.5. The molecule has 3 amide bonds. The van der Waals surface area contributed by atoms with Crippen molar-refractivity contribution in [1.82, 2.24) is 10.6 Å². The summed E-state index contributed by atoms with van der Waals surface area (Å²) in [7, 11) is 0. The average Bonchev–Trinajstić information content (AvgIpc) is 2.42. The van der Waals surface area contributed by atoms with Gasteiger partial charge in [0.25, 0.3) is 0 Å². The Bertz CT molecular complexity index is 295. The van der Waals surface area contributed by atoms with Gasteiger partial charge in [-0.05, 0) is 18.8 Å². The van der Waals surface area contributed by atoms with Gasteiger partial charge in [0, 0.05) is 6.54 Å². The van der Waals surface area contributed by atoms with Crippen LogP contribution in [0.2, 0.25) is 0 Å². The van der Waals surface area contributed by atoms with Gasteiger partial charge in [-0.2, -0.15) is 0 Å². The fourth-order valence-corrected chi connectivity index (χ4v) is 1.29. The van der Waals surface area contributed by atoms with Gasteiger partial charge in [-0.15, -0.1) is 0 Å². The number of carbonyl (C=O) groups is 3. The van der Waals surface area contributed by atoms with Crippen LogP contribution in [0.25, 0.3) is 0 Å². The monoisotopic (exact) mass is 288 g/mol. The zero-order valence-electron chi connectivity index (χ0n) is 12.8. The van der Waals surface area contributed by atoms with Crippen molar-refractivity contribution in [3.8, 4) is 0 Å².